The fraction of sp³-hybridized carbons (Fsp3) is 0.938. The lowest BCUT2D eigenvalue weighted by Crippen LogP contribution is -2.61. The van der Waals surface area contributed by atoms with Crippen LogP contribution in [0.2, 0.25) is 0 Å². The molecule has 1 amide bonds. The zero-order valence-electron chi connectivity index (χ0n) is 12.6. The van der Waals surface area contributed by atoms with Gasteiger partial charge >= 0.3 is 0 Å². The van der Waals surface area contributed by atoms with E-state index in [1.54, 1.807) is 0 Å². The highest BCUT2D eigenvalue weighted by molar-refractivity contribution is 5.79. The predicted molar refractivity (Wildman–Crippen MR) is 76.8 cm³/mol. The average Bonchev–Trinajstić information content (AvgIpc) is 2.25. The summed E-state index contributed by atoms with van der Waals surface area (Å²) in [6.45, 7) is 4.81. The molecule has 0 unspecified atom stereocenters. The standard InChI is InChI=1S/C16H28N2O/c1-11(2)18(3)10-15(19)17-16-7-12-4-13(8-16)6-14(5-12)9-16/h11-14H,4-10H2,1-3H3,(H,17,19). The van der Waals surface area contributed by atoms with Gasteiger partial charge in [0.1, 0.15) is 0 Å². The summed E-state index contributed by atoms with van der Waals surface area (Å²) in [4.78, 5) is 14.4. The van der Waals surface area contributed by atoms with Gasteiger partial charge in [0.05, 0.1) is 6.54 Å². The molecule has 4 aliphatic rings. The van der Waals surface area contributed by atoms with Crippen LogP contribution in [0.25, 0.3) is 0 Å². The summed E-state index contributed by atoms with van der Waals surface area (Å²) in [6.07, 6.45) is 8.03. The molecule has 19 heavy (non-hydrogen) atoms. The smallest absolute Gasteiger partial charge is 0.234 e. The molecule has 0 aliphatic heterocycles. The summed E-state index contributed by atoms with van der Waals surface area (Å²) in [5.41, 5.74) is 0.170. The molecule has 4 bridgehead atoms. The Labute approximate surface area is 117 Å². The topological polar surface area (TPSA) is 32.3 Å². The minimum atomic E-state index is 0.170. The molecule has 3 nitrogen and oxygen atoms in total. The van der Waals surface area contributed by atoms with Gasteiger partial charge in [-0.3, -0.25) is 9.69 Å². The molecule has 0 heterocycles. The lowest BCUT2D eigenvalue weighted by molar-refractivity contribution is -0.128. The number of amides is 1. The number of carbonyl (C=O) groups excluding carboxylic acids is 1. The van der Waals surface area contributed by atoms with E-state index in [4.69, 9.17) is 0 Å². The number of rotatable bonds is 4. The summed E-state index contributed by atoms with van der Waals surface area (Å²) in [7, 11) is 2.03. The third-order valence-electron chi connectivity index (χ3n) is 5.72. The predicted octanol–water partition coefficient (Wildman–Crippen LogP) is 2.41. The van der Waals surface area contributed by atoms with E-state index >= 15 is 0 Å². The van der Waals surface area contributed by atoms with Crippen LogP contribution in [0, 0.1) is 17.8 Å². The minimum Gasteiger partial charge on any atom is -0.350 e. The van der Waals surface area contributed by atoms with Gasteiger partial charge in [-0.25, -0.2) is 0 Å². The van der Waals surface area contributed by atoms with Gasteiger partial charge in [-0.05, 0) is 77.2 Å². The van der Waals surface area contributed by atoms with E-state index < -0.39 is 0 Å². The molecule has 1 N–H and O–H groups in total. The summed E-state index contributed by atoms with van der Waals surface area (Å²) in [5.74, 6) is 2.93. The van der Waals surface area contributed by atoms with Crippen LogP contribution in [0.5, 0.6) is 0 Å². The lowest BCUT2D eigenvalue weighted by Gasteiger charge is -2.57. The number of nitrogens with zero attached hydrogens (tertiary/aromatic N) is 1. The molecule has 4 aliphatic carbocycles. The van der Waals surface area contributed by atoms with Crippen molar-refractivity contribution in [1.82, 2.24) is 10.2 Å². The van der Waals surface area contributed by atoms with E-state index in [2.05, 4.69) is 24.1 Å². The van der Waals surface area contributed by atoms with Crippen molar-refractivity contribution in [2.75, 3.05) is 13.6 Å². The van der Waals surface area contributed by atoms with E-state index in [1.807, 2.05) is 7.05 Å². The van der Waals surface area contributed by atoms with Crippen molar-refractivity contribution in [1.29, 1.82) is 0 Å². The van der Waals surface area contributed by atoms with Gasteiger partial charge in [0, 0.05) is 11.6 Å². The second kappa shape index (κ2) is 4.76. The minimum absolute atomic E-state index is 0.170. The Morgan fingerprint density at radius 2 is 1.63 bits per heavy atom. The number of nitrogens with one attached hydrogen (secondary N) is 1. The van der Waals surface area contributed by atoms with E-state index in [1.165, 1.54) is 38.5 Å². The van der Waals surface area contributed by atoms with Gasteiger partial charge in [0.25, 0.3) is 0 Å². The van der Waals surface area contributed by atoms with Gasteiger partial charge in [-0.1, -0.05) is 0 Å². The summed E-state index contributed by atoms with van der Waals surface area (Å²) in [5, 5.41) is 3.43. The first kappa shape index (κ1) is 13.4. The average molecular weight is 264 g/mol. The lowest BCUT2D eigenvalue weighted by atomic mass is 9.53. The van der Waals surface area contributed by atoms with Crippen LogP contribution in [0.4, 0.5) is 0 Å². The van der Waals surface area contributed by atoms with Crippen LogP contribution in [0.1, 0.15) is 52.4 Å². The molecule has 0 aromatic rings. The van der Waals surface area contributed by atoms with Crippen molar-refractivity contribution in [2.24, 2.45) is 17.8 Å². The monoisotopic (exact) mass is 264 g/mol. The number of likely N-dealkylation sites (N-methyl/N-ethyl adjacent to an activating group) is 1. The van der Waals surface area contributed by atoms with Crippen molar-refractivity contribution in [3.8, 4) is 0 Å². The van der Waals surface area contributed by atoms with Crippen molar-refractivity contribution in [3.63, 3.8) is 0 Å². The maximum absolute atomic E-state index is 12.3. The number of hydrogen-bond acceptors (Lipinski definition) is 2. The molecule has 0 saturated heterocycles. The first-order valence-electron chi connectivity index (χ1n) is 7.97. The highest BCUT2D eigenvalue weighted by atomic mass is 16.2. The number of hydrogen-bond donors (Lipinski definition) is 1. The fourth-order valence-electron chi connectivity index (χ4n) is 5.01. The van der Waals surface area contributed by atoms with Gasteiger partial charge in [-0.2, -0.15) is 0 Å². The third kappa shape index (κ3) is 2.67. The van der Waals surface area contributed by atoms with Crippen LogP contribution in [-0.4, -0.2) is 36.0 Å². The second-order valence-electron chi connectivity index (χ2n) is 7.75. The Morgan fingerprint density at radius 3 is 2.05 bits per heavy atom. The molecule has 4 rings (SSSR count). The second-order valence-corrected chi connectivity index (χ2v) is 7.75. The molecule has 3 heteroatoms. The van der Waals surface area contributed by atoms with Crippen LogP contribution in [-0.2, 0) is 4.79 Å². The fourth-order valence-corrected chi connectivity index (χ4v) is 5.01. The van der Waals surface area contributed by atoms with Crippen molar-refractivity contribution < 1.29 is 4.79 Å². The quantitative estimate of drug-likeness (QED) is 0.845. The maximum Gasteiger partial charge on any atom is 0.234 e. The van der Waals surface area contributed by atoms with Gasteiger partial charge in [0.2, 0.25) is 5.91 Å². The summed E-state index contributed by atoms with van der Waals surface area (Å²) >= 11 is 0. The molecular weight excluding hydrogens is 236 g/mol. The zero-order chi connectivity index (χ0) is 13.6. The first-order chi connectivity index (χ1) is 8.96. The van der Waals surface area contributed by atoms with Crippen LogP contribution >= 0.6 is 0 Å². The van der Waals surface area contributed by atoms with Gasteiger partial charge in [0.15, 0.2) is 0 Å². The van der Waals surface area contributed by atoms with Gasteiger partial charge in [-0.15, -0.1) is 0 Å². The molecule has 0 radical (unpaired) electrons. The SMILES string of the molecule is CC(C)N(C)CC(=O)NC12CC3CC(CC(C3)C1)C2. The van der Waals surface area contributed by atoms with Crippen LogP contribution in [0.3, 0.4) is 0 Å². The Kier molecular flexibility index (Phi) is 3.36. The van der Waals surface area contributed by atoms with E-state index in [0.29, 0.717) is 12.6 Å². The van der Waals surface area contributed by atoms with Gasteiger partial charge < -0.3 is 5.32 Å². The first-order valence-corrected chi connectivity index (χ1v) is 7.97. The molecule has 4 fully saturated rings. The van der Waals surface area contributed by atoms with Crippen molar-refractivity contribution >= 4 is 5.91 Å². The molecule has 0 aromatic carbocycles. The molecule has 0 spiro atoms. The molecular formula is C16H28N2O. The van der Waals surface area contributed by atoms with Crippen LogP contribution < -0.4 is 5.32 Å². The zero-order valence-corrected chi connectivity index (χ0v) is 12.6. The van der Waals surface area contributed by atoms with E-state index in [9.17, 15) is 4.79 Å². The summed E-state index contributed by atoms with van der Waals surface area (Å²) in [6, 6.07) is 0.433. The maximum atomic E-state index is 12.3. The molecule has 4 saturated carbocycles. The Morgan fingerprint density at radius 1 is 1.16 bits per heavy atom. The largest absolute Gasteiger partial charge is 0.350 e. The highest BCUT2D eigenvalue weighted by Gasteiger charge is 2.51. The highest BCUT2D eigenvalue weighted by Crippen LogP contribution is 2.55. The third-order valence-corrected chi connectivity index (χ3v) is 5.72. The molecule has 108 valence electrons. The summed E-state index contributed by atoms with van der Waals surface area (Å²) < 4.78 is 0. The van der Waals surface area contributed by atoms with Crippen LogP contribution in [0.15, 0.2) is 0 Å². The Balaban J connectivity index is 1.61. The Hall–Kier alpha value is -0.570. The molecule has 0 aromatic heterocycles. The van der Waals surface area contributed by atoms with E-state index in [-0.39, 0.29) is 11.4 Å². The normalized spacial score (nSPS) is 40.2. The number of carbonyl (C=O) groups is 1. The van der Waals surface area contributed by atoms with E-state index in [0.717, 1.165) is 17.8 Å². The molecule has 0 atom stereocenters. The van der Waals surface area contributed by atoms with Crippen molar-refractivity contribution in [2.45, 2.75) is 64.0 Å². The Bertz CT molecular complexity index is 328. The van der Waals surface area contributed by atoms with Crippen molar-refractivity contribution in [3.05, 3.63) is 0 Å².